The van der Waals surface area contributed by atoms with E-state index in [0.717, 1.165) is 75.3 Å². The van der Waals surface area contributed by atoms with Crippen LogP contribution in [0, 0.1) is 5.92 Å². The first kappa shape index (κ1) is 23.4. The van der Waals surface area contributed by atoms with Gasteiger partial charge < -0.3 is 20.3 Å². The zero-order chi connectivity index (χ0) is 23.9. The van der Waals surface area contributed by atoms with Crippen molar-refractivity contribution in [3.63, 3.8) is 0 Å². The summed E-state index contributed by atoms with van der Waals surface area (Å²) in [6.07, 6.45) is 4.36. The van der Waals surface area contributed by atoms with Gasteiger partial charge in [0.15, 0.2) is 0 Å². The van der Waals surface area contributed by atoms with Crippen molar-refractivity contribution in [3.05, 3.63) is 95.1 Å². The molecule has 3 aromatic carbocycles. The number of carbonyl (C=O) groups is 1. The van der Waals surface area contributed by atoms with Crippen LogP contribution in [0.5, 0.6) is 5.75 Å². The molecule has 0 saturated carbocycles. The minimum Gasteiger partial charge on any atom is -0.489 e. The Morgan fingerprint density at radius 1 is 1.00 bits per heavy atom. The molecule has 182 valence electrons. The number of para-hydroxylation sites is 1. The van der Waals surface area contributed by atoms with Crippen molar-refractivity contribution in [2.24, 2.45) is 5.92 Å². The van der Waals surface area contributed by atoms with Gasteiger partial charge in [-0.05, 0) is 80.1 Å². The Morgan fingerprint density at radius 2 is 1.80 bits per heavy atom. The van der Waals surface area contributed by atoms with Crippen molar-refractivity contribution >= 4 is 11.6 Å². The van der Waals surface area contributed by atoms with Crippen LogP contribution in [0.15, 0.2) is 72.8 Å². The molecular weight excluding hydrogens is 434 g/mol. The lowest BCUT2D eigenvalue weighted by Crippen LogP contribution is -2.36. The van der Waals surface area contributed by atoms with Crippen molar-refractivity contribution in [1.82, 2.24) is 10.6 Å². The van der Waals surface area contributed by atoms with Gasteiger partial charge in [0.1, 0.15) is 12.4 Å². The number of benzene rings is 3. The molecule has 2 N–H and O–H groups in total. The fourth-order valence-electron chi connectivity index (χ4n) is 5.12. The van der Waals surface area contributed by atoms with Gasteiger partial charge in [-0.3, -0.25) is 4.79 Å². The highest BCUT2D eigenvalue weighted by Gasteiger charge is 2.21. The number of anilines is 1. The molecule has 0 bridgehead atoms. The lowest BCUT2D eigenvalue weighted by Gasteiger charge is -2.32. The molecule has 1 amide bonds. The Labute approximate surface area is 208 Å². The van der Waals surface area contributed by atoms with Crippen LogP contribution < -0.4 is 20.3 Å². The number of carbonyl (C=O) groups excluding carboxylic acids is 1. The van der Waals surface area contributed by atoms with Crippen molar-refractivity contribution in [1.29, 1.82) is 0 Å². The Kier molecular flexibility index (Phi) is 7.64. The lowest BCUT2D eigenvalue weighted by molar-refractivity contribution is 0.0944. The van der Waals surface area contributed by atoms with Crippen LogP contribution >= 0.6 is 0 Å². The van der Waals surface area contributed by atoms with E-state index in [-0.39, 0.29) is 5.91 Å². The van der Waals surface area contributed by atoms with E-state index in [2.05, 4.69) is 58.0 Å². The maximum Gasteiger partial charge on any atom is 0.251 e. The fraction of sp³-hybridized carbons (Fsp3) is 0.367. The predicted molar refractivity (Wildman–Crippen MR) is 141 cm³/mol. The van der Waals surface area contributed by atoms with E-state index in [4.69, 9.17) is 4.74 Å². The number of nitrogens with one attached hydrogen (secondary N) is 2. The number of piperidine rings is 1. The Balaban J connectivity index is 1.25. The molecule has 0 aliphatic carbocycles. The summed E-state index contributed by atoms with van der Waals surface area (Å²) in [6.45, 7) is 5.22. The second kappa shape index (κ2) is 11.4. The summed E-state index contributed by atoms with van der Waals surface area (Å²) in [5.41, 5.74) is 5.60. The second-order valence-corrected chi connectivity index (χ2v) is 9.65. The van der Waals surface area contributed by atoms with Gasteiger partial charge in [0.2, 0.25) is 0 Å². The summed E-state index contributed by atoms with van der Waals surface area (Å²) in [4.78, 5) is 15.2. The van der Waals surface area contributed by atoms with Crippen molar-refractivity contribution in [2.75, 3.05) is 31.1 Å². The number of fused-ring (bicyclic) bond motifs is 1. The summed E-state index contributed by atoms with van der Waals surface area (Å²) in [5.74, 6) is 1.55. The minimum atomic E-state index is 0.0445. The van der Waals surface area contributed by atoms with Crippen LogP contribution in [0.3, 0.4) is 0 Å². The van der Waals surface area contributed by atoms with E-state index in [1.54, 1.807) is 0 Å². The van der Waals surface area contributed by atoms with Gasteiger partial charge in [0.05, 0.1) is 0 Å². The average Bonchev–Trinajstić information content (AvgIpc) is 2.92. The molecule has 5 nitrogen and oxygen atoms in total. The topological polar surface area (TPSA) is 53.6 Å². The standard InChI is InChI=1S/C30H35N3O2/c34-30(32-20-23-14-16-31-17-15-23)26-12-13-28-25(19-26)10-6-18-33(28)21-27-9-4-5-11-29(27)35-22-24-7-2-1-3-8-24/h1-5,7-9,11-13,19,23,31H,6,10,14-18,20-22H2,(H,32,34). The largest absolute Gasteiger partial charge is 0.489 e. The molecule has 2 aliphatic rings. The smallest absolute Gasteiger partial charge is 0.251 e. The van der Waals surface area contributed by atoms with Crippen molar-refractivity contribution < 1.29 is 9.53 Å². The van der Waals surface area contributed by atoms with Crippen LogP contribution in [-0.4, -0.2) is 32.1 Å². The molecular formula is C30H35N3O2. The van der Waals surface area contributed by atoms with Crippen LogP contribution in [0.2, 0.25) is 0 Å². The zero-order valence-corrected chi connectivity index (χ0v) is 20.3. The van der Waals surface area contributed by atoms with E-state index in [1.165, 1.54) is 16.8 Å². The maximum absolute atomic E-state index is 12.8. The molecule has 5 rings (SSSR count). The highest BCUT2D eigenvalue weighted by atomic mass is 16.5. The summed E-state index contributed by atoms with van der Waals surface area (Å²) >= 11 is 0. The molecule has 2 aliphatic heterocycles. The van der Waals surface area contributed by atoms with Crippen LogP contribution in [-0.2, 0) is 19.6 Å². The van der Waals surface area contributed by atoms with E-state index in [9.17, 15) is 4.79 Å². The van der Waals surface area contributed by atoms with E-state index < -0.39 is 0 Å². The first-order chi connectivity index (χ1) is 17.3. The first-order valence-electron chi connectivity index (χ1n) is 12.9. The third-order valence-corrected chi connectivity index (χ3v) is 7.14. The van der Waals surface area contributed by atoms with Crippen molar-refractivity contribution in [3.8, 4) is 5.75 Å². The van der Waals surface area contributed by atoms with Gasteiger partial charge >= 0.3 is 0 Å². The highest BCUT2D eigenvalue weighted by Crippen LogP contribution is 2.31. The normalized spacial score (nSPS) is 15.9. The van der Waals surface area contributed by atoms with E-state index in [0.29, 0.717) is 12.5 Å². The molecule has 0 atom stereocenters. The number of hydrogen-bond acceptors (Lipinski definition) is 4. The quantitative estimate of drug-likeness (QED) is 0.490. The van der Waals surface area contributed by atoms with Gasteiger partial charge in [-0.1, -0.05) is 48.5 Å². The van der Waals surface area contributed by atoms with Gasteiger partial charge in [-0.2, -0.15) is 0 Å². The summed E-state index contributed by atoms with van der Waals surface area (Å²) in [7, 11) is 0. The first-order valence-corrected chi connectivity index (χ1v) is 12.9. The summed E-state index contributed by atoms with van der Waals surface area (Å²) in [6, 6.07) is 24.8. The van der Waals surface area contributed by atoms with Gasteiger partial charge in [-0.15, -0.1) is 0 Å². The number of hydrogen-bond donors (Lipinski definition) is 2. The summed E-state index contributed by atoms with van der Waals surface area (Å²) < 4.78 is 6.20. The van der Waals surface area contributed by atoms with Gasteiger partial charge in [0.25, 0.3) is 5.91 Å². The number of amides is 1. The molecule has 1 fully saturated rings. The SMILES string of the molecule is O=C(NCC1CCNCC1)c1ccc2c(c1)CCCN2Cc1ccccc1OCc1ccccc1. The third-order valence-electron chi connectivity index (χ3n) is 7.14. The number of rotatable bonds is 8. The van der Waals surface area contributed by atoms with Crippen LogP contribution in [0.4, 0.5) is 5.69 Å². The molecule has 2 heterocycles. The average molecular weight is 470 g/mol. The second-order valence-electron chi connectivity index (χ2n) is 9.65. The molecule has 5 heteroatoms. The van der Waals surface area contributed by atoms with Gasteiger partial charge in [-0.25, -0.2) is 0 Å². The Morgan fingerprint density at radius 3 is 2.66 bits per heavy atom. The molecule has 0 radical (unpaired) electrons. The molecule has 0 aromatic heterocycles. The monoisotopic (exact) mass is 469 g/mol. The number of aryl methyl sites for hydroxylation is 1. The van der Waals surface area contributed by atoms with Gasteiger partial charge in [0, 0.05) is 36.4 Å². The highest BCUT2D eigenvalue weighted by molar-refractivity contribution is 5.95. The molecule has 1 saturated heterocycles. The van der Waals surface area contributed by atoms with Crippen LogP contribution in [0.25, 0.3) is 0 Å². The van der Waals surface area contributed by atoms with Crippen molar-refractivity contribution in [2.45, 2.75) is 38.8 Å². The molecule has 0 spiro atoms. The minimum absolute atomic E-state index is 0.0445. The molecule has 3 aromatic rings. The molecule has 35 heavy (non-hydrogen) atoms. The number of nitrogens with zero attached hydrogens (tertiary/aromatic N) is 1. The predicted octanol–water partition coefficient (Wildman–Crippen LogP) is 4.95. The summed E-state index contributed by atoms with van der Waals surface area (Å²) in [5, 5.41) is 6.55. The van der Waals surface area contributed by atoms with Crippen LogP contribution in [0.1, 0.15) is 46.3 Å². The Bertz CT molecular complexity index is 1130. The fourth-order valence-corrected chi connectivity index (χ4v) is 5.12. The van der Waals surface area contributed by atoms with E-state index >= 15 is 0 Å². The third kappa shape index (κ3) is 6.04. The lowest BCUT2D eigenvalue weighted by atomic mass is 9.97. The zero-order valence-electron chi connectivity index (χ0n) is 20.3. The molecule has 0 unspecified atom stereocenters. The maximum atomic E-state index is 12.8. The van der Waals surface area contributed by atoms with E-state index in [1.807, 2.05) is 30.3 Å². The Hall–Kier alpha value is -3.31. The number of ether oxygens (including phenoxy) is 1.